The normalized spacial score (nSPS) is 10.6. The van der Waals surface area contributed by atoms with Gasteiger partial charge in [0.2, 0.25) is 11.0 Å². The maximum atomic E-state index is 12.1. The molecule has 140 valence electrons. The van der Waals surface area contributed by atoms with Crippen molar-refractivity contribution in [3.05, 3.63) is 51.7 Å². The monoisotopic (exact) mass is 418 g/mol. The van der Waals surface area contributed by atoms with Crippen LogP contribution in [0.2, 0.25) is 0 Å². The number of carbonyl (C=O) groups is 2. The number of aryl methyl sites for hydroxylation is 2. The Kier molecular flexibility index (Phi) is 6.59. The standard InChI is InChI=1S/C18H18N4O2S3/c1-3-12-4-6-13(7-5-12)19-15(23)10-26-18-22-21-17(27-18)20-16(24)14-8-11(2)9-25-14/h4-9H,3,10H2,1-2H3,(H,19,23)(H,20,21,24). The van der Waals surface area contributed by atoms with E-state index in [1.165, 1.54) is 40.0 Å². The molecule has 0 fully saturated rings. The van der Waals surface area contributed by atoms with E-state index in [9.17, 15) is 9.59 Å². The average molecular weight is 419 g/mol. The van der Waals surface area contributed by atoms with Crippen molar-refractivity contribution in [1.82, 2.24) is 10.2 Å². The van der Waals surface area contributed by atoms with Crippen LogP contribution in [0.25, 0.3) is 0 Å². The highest BCUT2D eigenvalue weighted by molar-refractivity contribution is 8.01. The molecule has 2 N–H and O–H groups in total. The number of hydrogen-bond donors (Lipinski definition) is 2. The lowest BCUT2D eigenvalue weighted by atomic mass is 10.1. The van der Waals surface area contributed by atoms with Crippen molar-refractivity contribution < 1.29 is 9.59 Å². The predicted octanol–water partition coefficient (Wildman–Crippen LogP) is 4.45. The summed E-state index contributed by atoms with van der Waals surface area (Å²) in [7, 11) is 0. The summed E-state index contributed by atoms with van der Waals surface area (Å²) in [5, 5.41) is 15.9. The van der Waals surface area contributed by atoms with E-state index in [0.29, 0.717) is 14.3 Å². The van der Waals surface area contributed by atoms with E-state index in [-0.39, 0.29) is 17.6 Å². The lowest BCUT2D eigenvalue weighted by molar-refractivity contribution is -0.113. The van der Waals surface area contributed by atoms with Gasteiger partial charge in [0.15, 0.2) is 4.34 Å². The van der Waals surface area contributed by atoms with Gasteiger partial charge in [-0.1, -0.05) is 42.2 Å². The molecule has 2 amide bonds. The Bertz CT molecular complexity index is 934. The number of rotatable bonds is 7. The number of aromatic nitrogens is 2. The molecule has 1 aromatic carbocycles. The molecule has 0 aliphatic carbocycles. The summed E-state index contributed by atoms with van der Waals surface area (Å²) >= 11 is 3.92. The van der Waals surface area contributed by atoms with Gasteiger partial charge in [0.05, 0.1) is 10.6 Å². The van der Waals surface area contributed by atoms with E-state index in [2.05, 4.69) is 27.8 Å². The number of hydrogen-bond acceptors (Lipinski definition) is 7. The first-order chi connectivity index (χ1) is 13.0. The van der Waals surface area contributed by atoms with Gasteiger partial charge in [-0.15, -0.1) is 21.5 Å². The van der Waals surface area contributed by atoms with Crippen molar-refractivity contribution in [2.75, 3.05) is 16.4 Å². The summed E-state index contributed by atoms with van der Waals surface area (Å²) < 4.78 is 0.629. The predicted molar refractivity (Wildman–Crippen MR) is 112 cm³/mol. The summed E-state index contributed by atoms with van der Waals surface area (Å²) in [4.78, 5) is 24.8. The molecule has 0 bridgehead atoms. The number of nitrogens with zero attached hydrogens (tertiary/aromatic N) is 2. The molecule has 3 aromatic rings. The van der Waals surface area contributed by atoms with Gasteiger partial charge in [-0.05, 0) is 48.1 Å². The van der Waals surface area contributed by atoms with Crippen LogP contribution in [0.1, 0.15) is 27.7 Å². The zero-order valence-electron chi connectivity index (χ0n) is 14.8. The van der Waals surface area contributed by atoms with Crippen molar-refractivity contribution in [2.45, 2.75) is 24.6 Å². The van der Waals surface area contributed by atoms with Gasteiger partial charge in [-0.2, -0.15) is 0 Å². The van der Waals surface area contributed by atoms with Crippen molar-refractivity contribution in [2.24, 2.45) is 0 Å². The van der Waals surface area contributed by atoms with Crippen LogP contribution in [0.5, 0.6) is 0 Å². The van der Waals surface area contributed by atoms with E-state index < -0.39 is 0 Å². The SMILES string of the molecule is CCc1ccc(NC(=O)CSc2nnc(NC(=O)c3cc(C)cs3)s2)cc1. The highest BCUT2D eigenvalue weighted by Crippen LogP contribution is 2.26. The number of anilines is 2. The van der Waals surface area contributed by atoms with Gasteiger partial charge < -0.3 is 5.32 Å². The maximum absolute atomic E-state index is 12.1. The van der Waals surface area contributed by atoms with Crippen molar-refractivity contribution in [1.29, 1.82) is 0 Å². The molecule has 0 aliphatic rings. The maximum Gasteiger partial charge on any atom is 0.267 e. The molecule has 0 aliphatic heterocycles. The lowest BCUT2D eigenvalue weighted by Gasteiger charge is -2.05. The Balaban J connectivity index is 1.48. The molecular weight excluding hydrogens is 400 g/mol. The summed E-state index contributed by atoms with van der Waals surface area (Å²) in [6.07, 6.45) is 0.964. The van der Waals surface area contributed by atoms with E-state index in [1.807, 2.05) is 42.6 Å². The smallest absolute Gasteiger partial charge is 0.267 e. The van der Waals surface area contributed by atoms with Crippen molar-refractivity contribution >= 4 is 57.1 Å². The van der Waals surface area contributed by atoms with Gasteiger partial charge in [0.1, 0.15) is 0 Å². The topological polar surface area (TPSA) is 84.0 Å². The molecule has 0 saturated heterocycles. The van der Waals surface area contributed by atoms with E-state index in [0.717, 1.165) is 17.7 Å². The fourth-order valence-electron chi connectivity index (χ4n) is 2.18. The molecule has 2 heterocycles. The van der Waals surface area contributed by atoms with Gasteiger partial charge in [0, 0.05) is 5.69 Å². The average Bonchev–Trinajstić information content (AvgIpc) is 3.29. The third-order valence-corrected chi connectivity index (χ3v) is 6.57. The van der Waals surface area contributed by atoms with Crippen LogP contribution in [0.15, 0.2) is 40.1 Å². The Morgan fingerprint density at radius 1 is 1.15 bits per heavy atom. The van der Waals surface area contributed by atoms with Crippen LogP contribution >= 0.6 is 34.4 Å². The van der Waals surface area contributed by atoms with Gasteiger partial charge in [-0.3, -0.25) is 14.9 Å². The van der Waals surface area contributed by atoms with Crippen molar-refractivity contribution in [3.8, 4) is 0 Å². The Labute approximate surface area is 169 Å². The number of thioether (sulfide) groups is 1. The van der Waals surface area contributed by atoms with Crippen molar-refractivity contribution in [3.63, 3.8) is 0 Å². The fraction of sp³-hybridized carbons (Fsp3) is 0.222. The van der Waals surface area contributed by atoms with Crippen LogP contribution in [-0.2, 0) is 11.2 Å². The summed E-state index contributed by atoms with van der Waals surface area (Å²) in [5.74, 6) is -0.0875. The second kappa shape index (κ2) is 9.12. The number of carbonyl (C=O) groups excluding carboxylic acids is 2. The zero-order valence-corrected chi connectivity index (χ0v) is 17.3. The second-order valence-corrected chi connectivity index (χ2v) is 8.81. The van der Waals surface area contributed by atoms with E-state index in [4.69, 9.17) is 0 Å². The molecular formula is C18H18N4O2S3. The fourth-order valence-corrected chi connectivity index (χ4v) is 4.52. The molecule has 3 rings (SSSR count). The van der Waals surface area contributed by atoms with Crippen LogP contribution in [0.3, 0.4) is 0 Å². The molecule has 0 spiro atoms. The third kappa shape index (κ3) is 5.62. The van der Waals surface area contributed by atoms with Crippen LogP contribution < -0.4 is 10.6 Å². The van der Waals surface area contributed by atoms with Crippen LogP contribution in [-0.4, -0.2) is 27.8 Å². The highest BCUT2D eigenvalue weighted by atomic mass is 32.2. The molecule has 2 aromatic heterocycles. The minimum Gasteiger partial charge on any atom is -0.325 e. The Hall–Kier alpha value is -2.23. The molecule has 0 atom stereocenters. The second-order valence-electron chi connectivity index (χ2n) is 5.70. The van der Waals surface area contributed by atoms with E-state index >= 15 is 0 Å². The number of nitrogens with one attached hydrogen (secondary N) is 2. The molecule has 6 nitrogen and oxygen atoms in total. The van der Waals surface area contributed by atoms with Gasteiger partial charge in [0.25, 0.3) is 5.91 Å². The minimum absolute atomic E-state index is 0.112. The van der Waals surface area contributed by atoms with Crippen LogP contribution in [0.4, 0.5) is 10.8 Å². The molecule has 0 radical (unpaired) electrons. The molecule has 0 saturated carbocycles. The first-order valence-electron chi connectivity index (χ1n) is 8.25. The summed E-state index contributed by atoms with van der Waals surface area (Å²) in [5.41, 5.74) is 3.05. The number of amides is 2. The van der Waals surface area contributed by atoms with Gasteiger partial charge >= 0.3 is 0 Å². The lowest BCUT2D eigenvalue weighted by Crippen LogP contribution is -2.13. The minimum atomic E-state index is -0.200. The number of benzene rings is 1. The first kappa shape index (κ1) is 19.5. The quantitative estimate of drug-likeness (QED) is 0.437. The van der Waals surface area contributed by atoms with Crippen LogP contribution in [0, 0.1) is 6.92 Å². The summed E-state index contributed by atoms with van der Waals surface area (Å²) in [6.45, 7) is 4.03. The largest absolute Gasteiger partial charge is 0.325 e. The Morgan fingerprint density at radius 2 is 1.93 bits per heavy atom. The molecule has 9 heteroatoms. The summed E-state index contributed by atoms with van der Waals surface area (Å²) in [6, 6.07) is 9.61. The van der Waals surface area contributed by atoms with E-state index in [1.54, 1.807) is 0 Å². The Morgan fingerprint density at radius 3 is 2.59 bits per heavy atom. The molecule has 27 heavy (non-hydrogen) atoms. The highest BCUT2D eigenvalue weighted by Gasteiger charge is 2.13. The third-order valence-electron chi connectivity index (χ3n) is 3.55. The zero-order chi connectivity index (χ0) is 19.2. The first-order valence-corrected chi connectivity index (χ1v) is 10.9. The molecule has 0 unspecified atom stereocenters. The van der Waals surface area contributed by atoms with Gasteiger partial charge in [-0.25, -0.2) is 0 Å². The number of thiophene rings is 1.